The maximum absolute atomic E-state index is 13.0. The zero-order valence-electron chi connectivity index (χ0n) is 17.2. The number of carbonyl (C=O) groups excluding carboxylic acids is 2. The zero-order valence-corrected chi connectivity index (χ0v) is 17.2. The summed E-state index contributed by atoms with van der Waals surface area (Å²) in [5.41, 5.74) is 2.52. The molecule has 1 saturated heterocycles. The number of benzene rings is 2. The molecule has 0 bridgehead atoms. The standard InChI is InChI=1S/C22H26N4O4/c1-15-8-10-18(11-9-15)24-22(28)23-13-17-5-4-12-25(14-17)21(27)19-6-3-7-20(16(19)2)26(29)30/h3,6-11,17H,4-5,12-14H2,1-2H3,(H2,23,24,28). The number of hydrogen-bond donors (Lipinski definition) is 2. The van der Waals surface area contributed by atoms with E-state index in [1.807, 2.05) is 31.2 Å². The van der Waals surface area contributed by atoms with Gasteiger partial charge in [-0.3, -0.25) is 14.9 Å². The number of hydrogen-bond acceptors (Lipinski definition) is 4. The largest absolute Gasteiger partial charge is 0.338 e. The lowest BCUT2D eigenvalue weighted by atomic mass is 9.96. The molecule has 3 rings (SSSR count). The van der Waals surface area contributed by atoms with E-state index in [1.54, 1.807) is 17.9 Å². The molecule has 2 N–H and O–H groups in total. The van der Waals surface area contributed by atoms with Crippen LogP contribution in [0.2, 0.25) is 0 Å². The predicted octanol–water partition coefficient (Wildman–Crippen LogP) is 3.89. The van der Waals surface area contributed by atoms with Crippen LogP contribution in [0.5, 0.6) is 0 Å². The fourth-order valence-electron chi connectivity index (χ4n) is 3.69. The van der Waals surface area contributed by atoms with Crippen LogP contribution in [0.3, 0.4) is 0 Å². The van der Waals surface area contributed by atoms with Crippen LogP contribution < -0.4 is 10.6 Å². The van der Waals surface area contributed by atoms with Crippen molar-refractivity contribution in [3.63, 3.8) is 0 Å². The molecule has 1 fully saturated rings. The van der Waals surface area contributed by atoms with Gasteiger partial charge >= 0.3 is 6.03 Å². The minimum absolute atomic E-state index is 0.0520. The molecule has 1 aliphatic rings. The zero-order chi connectivity index (χ0) is 21.7. The van der Waals surface area contributed by atoms with Gasteiger partial charge in [0.25, 0.3) is 11.6 Å². The van der Waals surface area contributed by atoms with Crippen LogP contribution in [0.4, 0.5) is 16.2 Å². The van der Waals surface area contributed by atoms with Crippen LogP contribution >= 0.6 is 0 Å². The molecule has 8 nitrogen and oxygen atoms in total. The number of carbonyl (C=O) groups is 2. The Kier molecular flexibility index (Phi) is 6.66. The molecular weight excluding hydrogens is 384 g/mol. The maximum Gasteiger partial charge on any atom is 0.319 e. The van der Waals surface area contributed by atoms with Crippen LogP contribution in [-0.4, -0.2) is 41.4 Å². The molecule has 1 aliphatic heterocycles. The first kappa shape index (κ1) is 21.3. The number of aryl methyl sites for hydroxylation is 1. The lowest BCUT2D eigenvalue weighted by Gasteiger charge is -2.33. The summed E-state index contributed by atoms with van der Waals surface area (Å²) in [5, 5.41) is 16.8. The highest BCUT2D eigenvalue weighted by Crippen LogP contribution is 2.24. The van der Waals surface area contributed by atoms with Crippen molar-refractivity contribution in [1.29, 1.82) is 0 Å². The van der Waals surface area contributed by atoms with E-state index in [9.17, 15) is 19.7 Å². The average molecular weight is 410 g/mol. The SMILES string of the molecule is Cc1ccc(NC(=O)NCC2CCCN(C(=O)c3cccc([N+](=O)[O-])c3C)C2)cc1. The highest BCUT2D eigenvalue weighted by Gasteiger charge is 2.27. The summed E-state index contributed by atoms with van der Waals surface area (Å²) in [4.78, 5) is 37.5. The normalized spacial score (nSPS) is 16.1. The molecule has 0 aliphatic carbocycles. The number of anilines is 1. The Morgan fingerprint density at radius 1 is 1.17 bits per heavy atom. The van der Waals surface area contributed by atoms with Gasteiger partial charge in [-0.1, -0.05) is 23.8 Å². The highest BCUT2D eigenvalue weighted by atomic mass is 16.6. The number of piperidine rings is 1. The lowest BCUT2D eigenvalue weighted by Crippen LogP contribution is -2.44. The smallest absolute Gasteiger partial charge is 0.319 e. The highest BCUT2D eigenvalue weighted by molar-refractivity contribution is 5.96. The second kappa shape index (κ2) is 9.39. The van der Waals surface area contributed by atoms with Gasteiger partial charge in [-0.05, 0) is 50.8 Å². The summed E-state index contributed by atoms with van der Waals surface area (Å²) >= 11 is 0. The van der Waals surface area contributed by atoms with E-state index in [4.69, 9.17) is 0 Å². The molecule has 0 radical (unpaired) electrons. The van der Waals surface area contributed by atoms with Gasteiger partial charge in [0.2, 0.25) is 0 Å². The Labute approximate surface area is 175 Å². The number of urea groups is 1. The van der Waals surface area contributed by atoms with E-state index in [1.165, 1.54) is 12.1 Å². The Balaban J connectivity index is 1.57. The van der Waals surface area contributed by atoms with Gasteiger partial charge in [-0.25, -0.2) is 4.79 Å². The van der Waals surface area contributed by atoms with Gasteiger partial charge in [-0.15, -0.1) is 0 Å². The van der Waals surface area contributed by atoms with Gasteiger partial charge in [0.05, 0.1) is 4.92 Å². The number of likely N-dealkylation sites (tertiary alicyclic amines) is 1. The van der Waals surface area contributed by atoms with Crippen LogP contribution in [-0.2, 0) is 0 Å². The Morgan fingerprint density at radius 2 is 1.90 bits per heavy atom. The van der Waals surface area contributed by atoms with Crippen LogP contribution in [0, 0.1) is 29.9 Å². The van der Waals surface area contributed by atoms with E-state index in [0.29, 0.717) is 30.8 Å². The molecule has 2 aromatic carbocycles. The quantitative estimate of drug-likeness (QED) is 0.576. The molecule has 1 atom stereocenters. The number of amides is 3. The molecule has 3 amide bonds. The van der Waals surface area contributed by atoms with Crippen LogP contribution in [0.25, 0.3) is 0 Å². The minimum atomic E-state index is -0.471. The van der Waals surface area contributed by atoms with Crippen molar-refractivity contribution in [2.24, 2.45) is 5.92 Å². The molecule has 2 aromatic rings. The Hall–Kier alpha value is -3.42. The monoisotopic (exact) mass is 410 g/mol. The van der Waals surface area contributed by atoms with E-state index >= 15 is 0 Å². The third kappa shape index (κ3) is 5.14. The number of nitro benzene ring substituents is 1. The maximum atomic E-state index is 13.0. The van der Waals surface area contributed by atoms with Crippen molar-refractivity contribution in [1.82, 2.24) is 10.2 Å². The van der Waals surface area contributed by atoms with Gasteiger partial charge in [0, 0.05) is 42.5 Å². The van der Waals surface area contributed by atoms with Gasteiger partial charge in [0.1, 0.15) is 0 Å². The fourth-order valence-corrected chi connectivity index (χ4v) is 3.69. The summed E-state index contributed by atoms with van der Waals surface area (Å²) in [6.45, 7) is 5.15. The van der Waals surface area contributed by atoms with Crippen molar-refractivity contribution in [2.45, 2.75) is 26.7 Å². The van der Waals surface area contributed by atoms with Crippen molar-refractivity contribution < 1.29 is 14.5 Å². The second-order valence-electron chi connectivity index (χ2n) is 7.67. The summed E-state index contributed by atoms with van der Waals surface area (Å²) in [6.07, 6.45) is 1.73. The first-order valence-electron chi connectivity index (χ1n) is 10.00. The third-order valence-electron chi connectivity index (χ3n) is 5.40. The van der Waals surface area contributed by atoms with Crippen molar-refractivity contribution in [3.8, 4) is 0 Å². The fraction of sp³-hybridized carbons (Fsp3) is 0.364. The molecule has 0 spiro atoms. The van der Waals surface area contributed by atoms with Gasteiger partial charge in [-0.2, -0.15) is 0 Å². The number of nitro groups is 1. The van der Waals surface area contributed by atoms with Crippen LogP contribution in [0.15, 0.2) is 42.5 Å². The van der Waals surface area contributed by atoms with E-state index < -0.39 is 4.92 Å². The summed E-state index contributed by atoms with van der Waals surface area (Å²) < 4.78 is 0. The first-order chi connectivity index (χ1) is 14.3. The molecule has 1 heterocycles. The summed E-state index contributed by atoms with van der Waals surface area (Å²) in [5.74, 6) is -0.0736. The van der Waals surface area contributed by atoms with Gasteiger partial charge in [0.15, 0.2) is 0 Å². The van der Waals surface area contributed by atoms with Crippen molar-refractivity contribution in [3.05, 3.63) is 69.3 Å². The Morgan fingerprint density at radius 3 is 2.60 bits per heavy atom. The number of nitrogens with zero attached hydrogens (tertiary/aromatic N) is 2. The Bertz CT molecular complexity index is 943. The average Bonchev–Trinajstić information content (AvgIpc) is 2.73. The van der Waals surface area contributed by atoms with Gasteiger partial charge < -0.3 is 15.5 Å². The summed E-state index contributed by atoms with van der Waals surface area (Å²) in [6, 6.07) is 11.8. The predicted molar refractivity (Wildman–Crippen MR) is 115 cm³/mol. The van der Waals surface area contributed by atoms with Crippen molar-refractivity contribution >= 4 is 23.3 Å². The molecule has 0 aromatic heterocycles. The van der Waals surface area contributed by atoms with Crippen molar-refractivity contribution in [2.75, 3.05) is 25.0 Å². The summed E-state index contributed by atoms with van der Waals surface area (Å²) in [7, 11) is 0. The van der Waals surface area contributed by atoms with E-state index in [2.05, 4.69) is 10.6 Å². The topological polar surface area (TPSA) is 105 Å². The molecule has 30 heavy (non-hydrogen) atoms. The second-order valence-corrected chi connectivity index (χ2v) is 7.67. The van der Waals surface area contributed by atoms with Crippen LogP contribution in [0.1, 0.15) is 34.3 Å². The first-order valence-corrected chi connectivity index (χ1v) is 10.00. The molecule has 1 unspecified atom stereocenters. The third-order valence-corrected chi connectivity index (χ3v) is 5.40. The molecule has 158 valence electrons. The number of nitrogens with one attached hydrogen (secondary N) is 2. The molecular formula is C22H26N4O4. The lowest BCUT2D eigenvalue weighted by molar-refractivity contribution is -0.385. The molecule has 8 heteroatoms. The number of rotatable bonds is 5. The molecule has 0 saturated carbocycles. The minimum Gasteiger partial charge on any atom is -0.338 e. The van der Waals surface area contributed by atoms with E-state index in [0.717, 1.165) is 24.1 Å². The van der Waals surface area contributed by atoms with E-state index in [-0.39, 0.29) is 23.5 Å².